The predicted molar refractivity (Wildman–Crippen MR) is 103 cm³/mol. The van der Waals surface area contributed by atoms with Gasteiger partial charge in [0.05, 0.1) is 5.69 Å². The average molecular weight is 372 g/mol. The number of rotatable bonds is 5. The number of carbonyl (C=O) groups excluding carboxylic acids is 1. The van der Waals surface area contributed by atoms with Crippen LogP contribution in [0.1, 0.15) is 51.1 Å². The molecule has 2 aromatic heterocycles. The van der Waals surface area contributed by atoms with E-state index in [9.17, 15) is 9.59 Å². The summed E-state index contributed by atoms with van der Waals surface area (Å²) in [5.41, 5.74) is 0.859. The van der Waals surface area contributed by atoms with Gasteiger partial charge in [0.25, 0.3) is 5.56 Å². The van der Waals surface area contributed by atoms with Crippen molar-refractivity contribution < 1.29 is 4.79 Å². The van der Waals surface area contributed by atoms with Gasteiger partial charge in [-0.15, -0.1) is 0 Å². The first-order valence-corrected chi connectivity index (χ1v) is 9.90. The summed E-state index contributed by atoms with van der Waals surface area (Å²) >= 11 is 0. The zero-order valence-electron chi connectivity index (χ0n) is 16.3. The minimum atomic E-state index is -0.312. The van der Waals surface area contributed by atoms with Crippen LogP contribution >= 0.6 is 0 Å². The van der Waals surface area contributed by atoms with E-state index < -0.39 is 0 Å². The Kier molecular flexibility index (Phi) is 4.75. The number of hydrogen-bond donors (Lipinski definition) is 1. The lowest BCUT2D eigenvalue weighted by molar-refractivity contribution is -0.123. The van der Waals surface area contributed by atoms with Crippen molar-refractivity contribution in [2.45, 2.75) is 64.1 Å². The molecule has 4 rings (SSSR count). The quantitative estimate of drug-likeness (QED) is 0.846. The highest BCUT2D eigenvalue weighted by Gasteiger charge is 2.33. The third kappa shape index (κ3) is 3.76. The SMILES string of the molecule is CC(C)c1nn(CC(=O)N[C@@H]2CCCN(C3CC3)C2)c(=O)c2nn(C)cc12. The lowest BCUT2D eigenvalue weighted by Gasteiger charge is -2.33. The van der Waals surface area contributed by atoms with Crippen molar-refractivity contribution in [1.82, 2.24) is 29.8 Å². The average Bonchev–Trinajstić information content (AvgIpc) is 3.39. The van der Waals surface area contributed by atoms with Crippen LogP contribution in [0.4, 0.5) is 0 Å². The highest BCUT2D eigenvalue weighted by atomic mass is 16.2. The van der Waals surface area contributed by atoms with Crippen molar-refractivity contribution >= 4 is 16.8 Å². The molecule has 0 spiro atoms. The van der Waals surface area contributed by atoms with Crippen LogP contribution in [-0.2, 0) is 18.4 Å². The van der Waals surface area contributed by atoms with Crippen LogP contribution in [-0.4, -0.2) is 55.5 Å². The molecule has 0 aromatic carbocycles. The normalized spacial score (nSPS) is 21.1. The fourth-order valence-corrected chi connectivity index (χ4v) is 4.02. The van der Waals surface area contributed by atoms with Crippen molar-refractivity contribution in [2.75, 3.05) is 13.1 Å². The number of aromatic nitrogens is 4. The molecule has 1 aliphatic carbocycles. The third-order valence-electron chi connectivity index (χ3n) is 5.49. The molecule has 2 fully saturated rings. The Morgan fingerprint density at radius 3 is 2.78 bits per heavy atom. The zero-order valence-corrected chi connectivity index (χ0v) is 16.3. The van der Waals surface area contributed by atoms with E-state index in [4.69, 9.17) is 0 Å². The minimum Gasteiger partial charge on any atom is -0.350 e. The molecular weight excluding hydrogens is 344 g/mol. The summed E-state index contributed by atoms with van der Waals surface area (Å²) in [5, 5.41) is 12.6. The number of nitrogens with zero attached hydrogens (tertiary/aromatic N) is 5. The van der Waals surface area contributed by atoms with Gasteiger partial charge in [0.2, 0.25) is 5.91 Å². The van der Waals surface area contributed by atoms with Crippen molar-refractivity contribution in [1.29, 1.82) is 0 Å². The third-order valence-corrected chi connectivity index (χ3v) is 5.49. The number of hydrogen-bond acceptors (Lipinski definition) is 5. The molecule has 1 aliphatic heterocycles. The molecule has 2 aromatic rings. The monoisotopic (exact) mass is 372 g/mol. The second kappa shape index (κ2) is 7.07. The number of fused-ring (bicyclic) bond motifs is 1. The van der Waals surface area contributed by atoms with Gasteiger partial charge < -0.3 is 5.32 Å². The summed E-state index contributed by atoms with van der Waals surface area (Å²) in [4.78, 5) is 27.8. The Balaban J connectivity index is 1.51. The summed E-state index contributed by atoms with van der Waals surface area (Å²) in [7, 11) is 1.79. The topological polar surface area (TPSA) is 85.1 Å². The van der Waals surface area contributed by atoms with Crippen LogP contribution in [0.5, 0.6) is 0 Å². The molecule has 27 heavy (non-hydrogen) atoms. The molecule has 146 valence electrons. The Bertz CT molecular complexity index is 911. The van der Waals surface area contributed by atoms with E-state index in [2.05, 4.69) is 20.4 Å². The number of nitrogens with one attached hydrogen (secondary N) is 1. The van der Waals surface area contributed by atoms with E-state index in [0.717, 1.165) is 37.0 Å². The molecule has 0 unspecified atom stereocenters. The van der Waals surface area contributed by atoms with Gasteiger partial charge in [-0.05, 0) is 38.1 Å². The fraction of sp³-hybridized carbons (Fsp3) is 0.684. The molecule has 1 saturated heterocycles. The molecule has 2 aliphatic rings. The van der Waals surface area contributed by atoms with Gasteiger partial charge in [0.1, 0.15) is 6.54 Å². The zero-order chi connectivity index (χ0) is 19.1. The Morgan fingerprint density at radius 2 is 2.07 bits per heavy atom. The number of piperidine rings is 1. The molecule has 1 N–H and O–H groups in total. The summed E-state index contributed by atoms with van der Waals surface area (Å²) < 4.78 is 2.89. The molecule has 1 atom stereocenters. The summed E-state index contributed by atoms with van der Waals surface area (Å²) in [6.45, 7) is 6.03. The van der Waals surface area contributed by atoms with Crippen molar-refractivity contribution in [3.8, 4) is 0 Å². The van der Waals surface area contributed by atoms with Crippen LogP contribution in [0.2, 0.25) is 0 Å². The first-order chi connectivity index (χ1) is 12.9. The molecule has 0 bridgehead atoms. The van der Waals surface area contributed by atoms with Crippen LogP contribution in [0.3, 0.4) is 0 Å². The molecule has 1 saturated carbocycles. The summed E-state index contributed by atoms with van der Waals surface area (Å²) in [5.74, 6) is -0.0192. The minimum absolute atomic E-state index is 0.0645. The van der Waals surface area contributed by atoms with Crippen molar-refractivity contribution in [3.05, 3.63) is 22.2 Å². The van der Waals surface area contributed by atoms with E-state index in [1.807, 2.05) is 20.0 Å². The van der Waals surface area contributed by atoms with Crippen LogP contribution < -0.4 is 10.9 Å². The molecule has 8 heteroatoms. The maximum absolute atomic E-state index is 12.7. The lowest BCUT2D eigenvalue weighted by Crippen LogP contribution is -2.49. The van der Waals surface area contributed by atoms with E-state index in [0.29, 0.717) is 11.6 Å². The van der Waals surface area contributed by atoms with Gasteiger partial charge in [0.15, 0.2) is 5.52 Å². The standard InChI is InChI=1S/C19H28N6O2/c1-12(2)17-15-10-23(3)21-18(15)19(27)25(22-17)11-16(26)20-13-5-4-8-24(9-13)14-6-7-14/h10,12-14H,4-9,11H2,1-3H3,(H,20,26)/t13-/m1/s1. The van der Waals surface area contributed by atoms with Gasteiger partial charge in [-0.25, -0.2) is 4.68 Å². The molecule has 1 amide bonds. The van der Waals surface area contributed by atoms with E-state index in [1.54, 1.807) is 11.7 Å². The van der Waals surface area contributed by atoms with Crippen molar-refractivity contribution in [2.24, 2.45) is 7.05 Å². The molecular formula is C19H28N6O2. The Labute approximate surface area is 158 Å². The smallest absolute Gasteiger partial charge is 0.295 e. The number of likely N-dealkylation sites (tertiary alicyclic amines) is 1. The number of carbonyl (C=O) groups is 1. The molecule has 8 nitrogen and oxygen atoms in total. The second-order valence-electron chi connectivity index (χ2n) is 8.20. The van der Waals surface area contributed by atoms with E-state index in [-0.39, 0.29) is 30.0 Å². The maximum atomic E-state index is 12.7. The summed E-state index contributed by atoms with van der Waals surface area (Å²) in [6, 6.07) is 0.875. The largest absolute Gasteiger partial charge is 0.350 e. The Hall–Kier alpha value is -2.22. The van der Waals surface area contributed by atoms with Gasteiger partial charge in [-0.1, -0.05) is 13.8 Å². The number of amides is 1. The Morgan fingerprint density at radius 1 is 1.30 bits per heavy atom. The second-order valence-corrected chi connectivity index (χ2v) is 8.20. The fourth-order valence-electron chi connectivity index (χ4n) is 4.02. The highest BCUT2D eigenvalue weighted by molar-refractivity contribution is 5.80. The van der Waals surface area contributed by atoms with E-state index >= 15 is 0 Å². The molecule has 3 heterocycles. The highest BCUT2D eigenvalue weighted by Crippen LogP contribution is 2.29. The van der Waals surface area contributed by atoms with E-state index in [1.165, 1.54) is 17.5 Å². The van der Waals surface area contributed by atoms with Gasteiger partial charge in [-0.2, -0.15) is 10.2 Å². The van der Waals surface area contributed by atoms with Crippen LogP contribution in [0.15, 0.2) is 11.0 Å². The molecule has 0 radical (unpaired) electrons. The lowest BCUT2D eigenvalue weighted by atomic mass is 10.1. The first-order valence-electron chi connectivity index (χ1n) is 9.90. The first kappa shape index (κ1) is 18.2. The predicted octanol–water partition coefficient (Wildman–Crippen LogP) is 0.996. The van der Waals surface area contributed by atoms with Crippen LogP contribution in [0.25, 0.3) is 10.9 Å². The number of aryl methyl sites for hydroxylation is 1. The van der Waals surface area contributed by atoms with Crippen LogP contribution in [0, 0.1) is 0 Å². The maximum Gasteiger partial charge on any atom is 0.295 e. The van der Waals surface area contributed by atoms with Gasteiger partial charge in [0, 0.05) is 37.3 Å². The van der Waals surface area contributed by atoms with Gasteiger partial charge in [-0.3, -0.25) is 19.2 Å². The van der Waals surface area contributed by atoms with Crippen molar-refractivity contribution in [3.63, 3.8) is 0 Å². The van der Waals surface area contributed by atoms with Gasteiger partial charge >= 0.3 is 0 Å². The summed E-state index contributed by atoms with van der Waals surface area (Å²) in [6.07, 6.45) is 6.48.